The van der Waals surface area contributed by atoms with E-state index in [9.17, 15) is 109 Å². The first-order chi connectivity index (χ1) is 60.5. The molecule has 11 rings (SSSR count). The Morgan fingerprint density at radius 2 is 0.677 bits per heavy atom. The zero-order valence-electron chi connectivity index (χ0n) is 69.4. The number of nitrogens with two attached hydrogens (primary N) is 5. The number of amides is 1. The molecule has 0 radical (unpaired) electrons. The number of rotatable bonds is 30. The summed E-state index contributed by atoms with van der Waals surface area (Å²) in [5.74, 6) is -5.97. The van der Waals surface area contributed by atoms with Crippen LogP contribution in [0.2, 0.25) is 5.32 Å². The largest absolute Gasteiger partial charge is 0.462 e. The molecule has 59 heteroatoms. The average Bonchev–Trinajstić information content (AvgIpc) is 1.64. The average molecular weight is 1850 g/mol. The van der Waals surface area contributed by atoms with Gasteiger partial charge >= 0.3 is 181 Å². The normalized spacial score (nSPS) is 31.5. The van der Waals surface area contributed by atoms with Gasteiger partial charge in [-0.3, -0.25) is 95.7 Å². The number of aliphatic hydroxyl groups excluding tert-OH is 12. The number of aliphatic hydroxyl groups is 12. The van der Waals surface area contributed by atoms with Gasteiger partial charge in [-0.2, -0.15) is 19.9 Å². The first-order valence-electron chi connectivity index (χ1n) is 38.8. The quantitative estimate of drug-likeness (QED) is 0.00878. The molecule has 6 aliphatic rings. The monoisotopic (exact) mass is 1850 g/mol. The van der Waals surface area contributed by atoms with E-state index in [1.54, 1.807) is 27.4 Å². The third-order valence-corrected chi connectivity index (χ3v) is 18.9. The molecule has 25 atom stereocenters. The van der Waals surface area contributed by atoms with Crippen molar-refractivity contribution in [3.05, 3.63) is 114 Å². The third kappa shape index (κ3) is 26.2. The van der Waals surface area contributed by atoms with Gasteiger partial charge in [-0.1, -0.05) is 12.8 Å². The number of hydrogen-bond acceptors (Lipinski definition) is 52. The summed E-state index contributed by atoms with van der Waals surface area (Å²) in [6.45, 7) is -1.91. The molecule has 690 valence electrons. The third-order valence-electron chi connectivity index (χ3n) is 18.1. The van der Waals surface area contributed by atoms with Gasteiger partial charge in [0, 0.05) is 24.8 Å². The molecule has 5 saturated heterocycles. The summed E-state index contributed by atoms with van der Waals surface area (Å²) in [7, 11) is 0. The fourth-order valence-electron chi connectivity index (χ4n) is 11.2. The van der Waals surface area contributed by atoms with Crippen LogP contribution < -0.4 is 84.5 Å². The molecule has 0 spiro atoms. The summed E-state index contributed by atoms with van der Waals surface area (Å²) in [6.07, 6.45) is -28.9. The van der Waals surface area contributed by atoms with E-state index in [1.165, 1.54) is 13.0 Å². The van der Waals surface area contributed by atoms with E-state index in [0.717, 1.165) is 80.9 Å². The number of esters is 5. The van der Waals surface area contributed by atoms with Gasteiger partial charge in [0.2, 0.25) is 5.91 Å². The van der Waals surface area contributed by atoms with E-state index in [2.05, 4.69) is 40.9 Å². The zero-order chi connectivity index (χ0) is 96.4. The van der Waals surface area contributed by atoms with Crippen molar-refractivity contribution < 1.29 is 170 Å². The van der Waals surface area contributed by atoms with Crippen LogP contribution in [0.4, 0.5) is 29.1 Å². The molecule has 5 aromatic heterocycles. The van der Waals surface area contributed by atoms with Gasteiger partial charge in [0.25, 0.3) is 0 Å². The van der Waals surface area contributed by atoms with Crippen LogP contribution in [-0.2, 0) is 76.1 Å². The van der Waals surface area contributed by atoms with Gasteiger partial charge in [0.1, 0.15) is 118 Å². The molecule has 0 unspecified atom stereocenters. The fourth-order valence-corrected chi connectivity index (χ4v) is 11.5. The van der Waals surface area contributed by atoms with E-state index in [-0.39, 0.29) is 46.9 Å². The summed E-state index contributed by atoms with van der Waals surface area (Å²) in [6, 6.07) is 0.949. The topological polar surface area (TPSA) is 903 Å². The molecule has 0 aromatic carbocycles. The van der Waals surface area contributed by atoms with Gasteiger partial charge in [0.05, 0.1) is 30.5 Å². The van der Waals surface area contributed by atoms with E-state index in [4.69, 9.17) is 114 Å². The SMILES string of the molecule is [2H][C@@]1(n2ccc(NO)nc2=O)O[C@H](COC(=O)C2CCCC2)[C@@H](O)[C@H]1O.[2H][C@@]1(n2ccc(NO)nc2=O)O[C@H](COC(=O)[C@H](N)CC(N)=O)[C@@H](O)[C@H]1O.[2H][C@@]1(n2ccc(NO)nc2=O)O[C@H](COC(=O)[C@H](N)CO)[C@@H](O)[C@H]1O.[2H][C@@]1(n2ccc(NO)nc2=O)O[C@H](COC(=O)[C@H](N)C[SeH])[C@@H](O)[C@H]1O.[2H][C@@]1(n2ccc(NO)nc2=O)O[C@H](COC(=O)[C@H](N)[C@H](C)O)[C@@H](O)[C@H]1O. The first-order valence-corrected chi connectivity index (χ1v) is 37.6. The smallest absolute Gasteiger partial charge is 0.351 e. The van der Waals surface area contributed by atoms with Gasteiger partial charge < -0.3 is 112 Å². The van der Waals surface area contributed by atoms with Crippen molar-refractivity contribution in [1.82, 2.24) is 47.8 Å². The molecule has 1 aliphatic carbocycles. The summed E-state index contributed by atoms with van der Waals surface area (Å²) in [5, 5.41) is 163. The van der Waals surface area contributed by atoms with Gasteiger partial charge in [0.15, 0.2) is 48.1 Å². The summed E-state index contributed by atoms with van der Waals surface area (Å²) in [4.78, 5) is 146. The Morgan fingerprint density at radius 3 is 0.903 bits per heavy atom. The number of aromatic nitrogens is 10. The predicted octanol–water partition coefficient (Wildman–Crippen LogP) is -13.9. The number of carbonyl (C=O) groups excluding carboxylic acids is 6. The van der Waals surface area contributed by atoms with Gasteiger partial charge in [-0.05, 0) is 44.0 Å². The predicted molar refractivity (Wildman–Crippen MR) is 402 cm³/mol. The minimum atomic E-state index is -2.47. The minimum Gasteiger partial charge on any atom is -0.462 e. The second kappa shape index (κ2) is 47.1. The Bertz CT molecular complexity index is 4760. The van der Waals surface area contributed by atoms with Crippen LogP contribution in [0.3, 0.4) is 0 Å². The second-order valence-corrected chi connectivity index (χ2v) is 27.6. The van der Waals surface area contributed by atoms with E-state index in [0.29, 0.717) is 22.8 Å². The van der Waals surface area contributed by atoms with Crippen molar-refractivity contribution in [3.8, 4) is 0 Å². The van der Waals surface area contributed by atoms with Gasteiger partial charge in [-0.15, -0.1) is 0 Å². The van der Waals surface area contributed by atoms with Crippen LogP contribution in [0.5, 0.6) is 0 Å². The summed E-state index contributed by atoms with van der Waals surface area (Å²) < 4.78 is 94.8. The van der Waals surface area contributed by atoms with E-state index < -0.39 is 257 Å². The zero-order valence-corrected chi connectivity index (χ0v) is 66.2. The molecule has 5 aliphatic heterocycles. The van der Waals surface area contributed by atoms with Crippen LogP contribution in [0, 0.1) is 5.92 Å². The van der Waals surface area contributed by atoms with Crippen molar-refractivity contribution >= 4 is 80.9 Å². The molecule has 6 fully saturated rings. The van der Waals surface area contributed by atoms with Crippen LogP contribution in [0.15, 0.2) is 85.3 Å². The molecular formula is C65H96N20O38Se. The number of primary amides is 1. The number of ether oxygens (including phenoxy) is 10. The van der Waals surface area contributed by atoms with Crippen LogP contribution in [-0.4, -0.2) is 348 Å². The molecule has 0 bridgehead atoms. The molecule has 1 amide bonds. The molecular weight excluding hydrogens is 1750 g/mol. The molecule has 10 heterocycles. The fraction of sp³-hybridized carbons (Fsp3) is 0.600. The van der Waals surface area contributed by atoms with Crippen molar-refractivity contribution in [2.75, 3.05) is 67.0 Å². The Morgan fingerprint density at radius 1 is 0.435 bits per heavy atom. The van der Waals surface area contributed by atoms with Crippen molar-refractivity contribution in [3.63, 3.8) is 0 Å². The van der Waals surface area contributed by atoms with Crippen LogP contribution in [0.25, 0.3) is 0 Å². The Balaban J connectivity index is 0.000000221. The van der Waals surface area contributed by atoms with E-state index in [1.807, 2.05) is 0 Å². The Hall–Kier alpha value is -10.3. The van der Waals surface area contributed by atoms with Crippen LogP contribution in [0.1, 0.15) is 76.9 Å². The molecule has 5 aromatic rings. The number of anilines is 5. The van der Waals surface area contributed by atoms with Crippen molar-refractivity contribution in [1.29, 1.82) is 0 Å². The van der Waals surface area contributed by atoms with Crippen LogP contribution >= 0.6 is 0 Å². The standard InChI is InChI=1S/C15H21N3O7.C13H19N5O8.C13H20N4O8.C12H18N4O8.C12H18N4O7Se/c19-11-9(7-24-14(21)8-3-1-2-4-8)25-13(12(11)20)18-6-5-10(17-23)16-15(18)22;14-5(3-7(15)19)12(22)25-4-6-9(20)10(21)11(26-6)18-2-1-8(17-24)16-13(18)23;1-5(18)8(14)12(21)24-4-6-9(19)10(20)11(25-6)17-3-2-7(16-23)15-13(17)22;13-5(3-17)11(20)23-4-6-8(18)9(19)10(24-6)16-2-1-7(15-22)14-12(16)21;13-5(4-24)11(19)22-3-6-8(17)9(18)10(23-6)16-2-1-7(15-21)14-12(16)20/h5-6,8-9,11-13,19-20,23H,1-4,7H2,(H,16,17,22);1-2,5-6,9-11,20-21,24H,3-4,14H2,(H2,15,19)(H,16,17,23);2-3,5-6,8-11,18-20,23H,4,14H2,1H3,(H,15,16,22);1-2,5-6,8-10,17-19,22H,3-4,13H2,(H,14,15,21);1-2,5-6,8-10,17-18,21,24H,3-4,13H2,(H,14,15,20)/t9-,11-,12-,13-;5-,6-,9-,10-,11-;5-,6+,8+,9+,10+,11+;2*5-,6-,8-,9-,10-/m11011/s1/i13D;2*11D;2*10D. The second-order valence-electron chi connectivity index (χ2n) is 26.8. The summed E-state index contributed by atoms with van der Waals surface area (Å²) >= 11 is 2.13. The summed E-state index contributed by atoms with van der Waals surface area (Å²) in [5.41, 5.74) is 29.7. The molecule has 124 heavy (non-hydrogen) atoms. The maximum atomic E-state index is 12.0. The number of nitrogens with zero attached hydrogens (tertiary/aromatic N) is 10. The first kappa shape index (κ1) is 92.9. The maximum Gasteiger partial charge on any atom is 0.351 e. The van der Waals surface area contributed by atoms with Gasteiger partial charge in [-0.25, -0.2) is 19.2 Å². The molecule has 58 nitrogen and oxygen atoms in total. The number of hydrogen-bond donors (Lipinski definition) is 27. The minimum absolute atomic E-state index is 0.148. The Labute approximate surface area is 709 Å². The van der Waals surface area contributed by atoms with Crippen molar-refractivity contribution in [2.45, 2.75) is 197 Å². The van der Waals surface area contributed by atoms with E-state index >= 15 is 0 Å². The number of nitrogens with one attached hydrogen (secondary N) is 5. The molecule has 32 N–H and O–H groups in total. The Kier molecular flexibility index (Phi) is 35.3. The number of carbonyl (C=O) groups is 6. The molecule has 1 saturated carbocycles. The maximum absolute atomic E-state index is 12.0. The van der Waals surface area contributed by atoms with Crippen molar-refractivity contribution in [2.24, 2.45) is 34.6 Å².